The Kier molecular flexibility index (Phi) is 3.66. The highest BCUT2D eigenvalue weighted by Gasteiger charge is 2.26. The van der Waals surface area contributed by atoms with Crippen molar-refractivity contribution in [3.63, 3.8) is 0 Å². The van der Waals surface area contributed by atoms with Crippen LogP contribution in [0.3, 0.4) is 0 Å². The summed E-state index contributed by atoms with van der Waals surface area (Å²) in [5.41, 5.74) is 1.08. The predicted molar refractivity (Wildman–Crippen MR) is 82.3 cm³/mol. The molecule has 2 rings (SSSR count). The van der Waals surface area contributed by atoms with Gasteiger partial charge in [-0.1, -0.05) is 20.8 Å². The fourth-order valence-corrected chi connectivity index (χ4v) is 3.49. The molecule has 0 aliphatic carbocycles. The molecule has 1 N–H and O–H groups in total. The van der Waals surface area contributed by atoms with E-state index in [1.165, 1.54) is 0 Å². The third-order valence-electron chi connectivity index (χ3n) is 2.87. The Labute approximate surface area is 122 Å². The molecule has 2 heterocycles. The van der Waals surface area contributed by atoms with Crippen LogP contribution in [0.25, 0.3) is 10.7 Å². The molecule has 6 heteroatoms. The van der Waals surface area contributed by atoms with Gasteiger partial charge in [0.05, 0.1) is 15.6 Å². The molecular weight excluding hydrogens is 276 g/mol. The maximum atomic E-state index is 5.32. The third kappa shape index (κ3) is 2.65. The summed E-state index contributed by atoms with van der Waals surface area (Å²) >= 11 is 7.00. The topological polar surface area (TPSA) is 46.5 Å². The zero-order valence-electron chi connectivity index (χ0n) is 12.2. The van der Waals surface area contributed by atoms with Crippen molar-refractivity contribution in [2.45, 2.75) is 53.0 Å². The summed E-state index contributed by atoms with van der Waals surface area (Å²) in [6, 6.07) is 0.275. The molecule has 2 aromatic heterocycles. The van der Waals surface area contributed by atoms with Gasteiger partial charge in [-0.25, -0.2) is 4.98 Å². The van der Waals surface area contributed by atoms with Crippen molar-refractivity contribution in [2.75, 3.05) is 0 Å². The standard InChI is InChI=1S/C13H20N4S2/c1-7(2)17-11(15-16-12(17)18)9-10(13(4,5)6)14-8(3)19-9/h7H,1-6H3,(H,16,18). The normalized spacial score (nSPS) is 12.4. The molecular formula is C13H20N4S2. The average Bonchev–Trinajstić information content (AvgIpc) is 2.80. The molecule has 0 spiro atoms. The van der Waals surface area contributed by atoms with Gasteiger partial charge >= 0.3 is 0 Å². The molecule has 0 aliphatic heterocycles. The number of aryl methyl sites for hydroxylation is 1. The van der Waals surface area contributed by atoms with E-state index in [0.717, 1.165) is 21.4 Å². The van der Waals surface area contributed by atoms with Crippen molar-refractivity contribution < 1.29 is 0 Å². The lowest BCUT2D eigenvalue weighted by Gasteiger charge is -2.18. The number of thiazole rings is 1. The number of nitrogens with zero attached hydrogens (tertiary/aromatic N) is 3. The average molecular weight is 296 g/mol. The Morgan fingerprint density at radius 3 is 2.47 bits per heavy atom. The Morgan fingerprint density at radius 2 is 1.95 bits per heavy atom. The summed E-state index contributed by atoms with van der Waals surface area (Å²) in [4.78, 5) is 5.80. The van der Waals surface area contributed by atoms with Crippen molar-refractivity contribution in [2.24, 2.45) is 0 Å². The summed E-state index contributed by atoms with van der Waals surface area (Å²) in [5, 5.41) is 8.37. The van der Waals surface area contributed by atoms with E-state index < -0.39 is 0 Å². The summed E-state index contributed by atoms with van der Waals surface area (Å²) < 4.78 is 2.72. The molecule has 0 atom stereocenters. The number of rotatable bonds is 2. The van der Waals surface area contributed by atoms with Crippen molar-refractivity contribution in [1.82, 2.24) is 19.7 Å². The second-order valence-corrected chi connectivity index (χ2v) is 7.57. The van der Waals surface area contributed by atoms with Gasteiger partial charge in [-0.05, 0) is 33.0 Å². The van der Waals surface area contributed by atoms with Gasteiger partial charge in [0, 0.05) is 11.5 Å². The van der Waals surface area contributed by atoms with E-state index in [1.807, 2.05) is 6.92 Å². The monoisotopic (exact) mass is 296 g/mol. The lowest BCUT2D eigenvalue weighted by Crippen LogP contribution is -2.14. The Bertz CT molecular complexity index is 640. The summed E-state index contributed by atoms with van der Waals surface area (Å²) in [7, 11) is 0. The van der Waals surface area contributed by atoms with Crippen LogP contribution in [0.4, 0.5) is 0 Å². The van der Waals surface area contributed by atoms with Crippen LogP contribution in [-0.4, -0.2) is 19.7 Å². The summed E-state index contributed by atoms with van der Waals surface area (Å²) in [6.45, 7) is 12.8. The number of aromatic nitrogens is 4. The summed E-state index contributed by atoms with van der Waals surface area (Å²) in [5.74, 6) is 0.899. The van der Waals surface area contributed by atoms with Crippen LogP contribution in [-0.2, 0) is 5.41 Å². The van der Waals surface area contributed by atoms with Crippen LogP contribution in [0.1, 0.15) is 51.4 Å². The van der Waals surface area contributed by atoms with E-state index >= 15 is 0 Å². The number of hydrogen-bond acceptors (Lipinski definition) is 4. The van der Waals surface area contributed by atoms with Crippen LogP contribution in [0, 0.1) is 11.7 Å². The molecule has 0 aromatic carbocycles. The van der Waals surface area contributed by atoms with E-state index in [1.54, 1.807) is 11.3 Å². The lowest BCUT2D eigenvalue weighted by molar-refractivity contribution is 0.568. The van der Waals surface area contributed by atoms with E-state index in [4.69, 9.17) is 12.2 Å². The highest BCUT2D eigenvalue weighted by atomic mass is 32.1. The molecule has 0 bridgehead atoms. The van der Waals surface area contributed by atoms with E-state index in [-0.39, 0.29) is 11.5 Å². The number of aromatic amines is 1. The second-order valence-electron chi connectivity index (χ2n) is 5.98. The van der Waals surface area contributed by atoms with Gasteiger partial charge < -0.3 is 0 Å². The smallest absolute Gasteiger partial charge is 0.195 e. The van der Waals surface area contributed by atoms with Crippen molar-refractivity contribution in [3.8, 4) is 10.7 Å². The van der Waals surface area contributed by atoms with Gasteiger partial charge in [-0.15, -0.1) is 11.3 Å². The Hall–Kier alpha value is -1.01. The number of nitrogens with one attached hydrogen (secondary N) is 1. The fourth-order valence-electron chi connectivity index (χ4n) is 2.03. The minimum absolute atomic E-state index is 0.00449. The van der Waals surface area contributed by atoms with Gasteiger partial charge in [-0.2, -0.15) is 5.10 Å². The minimum Gasteiger partial charge on any atom is -0.297 e. The molecule has 2 aromatic rings. The fraction of sp³-hybridized carbons (Fsp3) is 0.615. The van der Waals surface area contributed by atoms with Crippen LogP contribution in [0.5, 0.6) is 0 Å². The van der Waals surface area contributed by atoms with Crippen molar-refractivity contribution in [3.05, 3.63) is 15.5 Å². The quantitative estimate of drug-likeness (QED) is 0.843. The van der Waals surface area contributed by atoms with E-state index in [2.05, 4.69) is 54.4 Å². The Morgan fingerprint density at radius 1 is 1.32 bits per heavy atom. The molecule has 0 saturated carbocycles. The first-order chi connectivity index (χ1) is 8.71. The van der Waals surface area contributed by atoms with Crippen LogP contribution < -0.4 is 0 Å². The zero-order chi connectivity index (χ0) is 14.4. The first kappa shape index (κ1) is 14.4. The maximum absolute atomic E-state index is 5.32. The number of H-pyrrole nitrogens is 1. The first-order valence-electron chi connectivity index (χ1n) is 6.37. The van der Waals surface area contributed by atoms with E-state index in [0.29, 0.717) is 4.77 Å². The van der Waals surface area contributed by atoms with Crippen LogP contribution in [0.2, 0.25) is 0 Å². The lowest BCUT2D eigenvalue weighted by atomic mass is 9.91. The highest BCUT2D eigenvalue weighted by Crippen LogP contribution is 2.36. The van der Waals surface area contributed by atoms with Gasteiger partial charge in [0.1, 0.15) is 0 Å². The molecule has 0 fully saturated rings. The minimum atomic E-state index is -0.00449. The van der Waals surface area contributed by atoms with Gasteiger partial charge in [0.15, 0.2) is 10.6 Å². The molecule has 0 amide bonds. The predicted octanol–water partition coefficient (Wildman–Crippen LogP) is 4.25. The van der Waals surface area contributed by atoms with Crippen LogP contribution in [0.15, 0.2) is 0 Å². The second kappa shape index (κ2) is 4.83. The SMILES string of the molecule is Cc1nc(C(C)(C)C)c(-c2n[nH]c(=S)n2C(C)C)s1. The molecule has 104 valence electrons. The van der Waals surface area contributed by atoms with Crippen molar-refractivity contribution in [1.29, 1.82) is 0 Å². The van der Waals surface area contributed by atoms with Gasteiger partial charge in [0.2, 0.25) is 0 Å². The zero-order valence-corrected chi connectivity index (χ0v) is 13.9. The molecule has 0 radical (unpaired) electrons. The van der Waals surface area contributed by atoms with Crippen LogP contribution >= 0.6 is 23.6 Å². The largest absolute Gasteiger partial charge is 0.297 e. The molecule has 4 nitrogen and oxygen atoms in total. The highest BCUT2D eigenvalue weighted by molar-refractivity contribution is 7.71. The molecule has 0 saturated heterocycles. The number of hydrogen-bond donors (Lipinski definition) is 1. The maximum Gasteiger partial charge on any atom is 0.195 e. The molecule has 0 aliphatic rings. The van der Waals surface area contributed by atoms with E-state index in [9.17, 15) is 0 Å². The molecule has 0 unspecified atom stereocenters. The Balaban J connectivity index is 2.70. The van der Waals surface area contributed by atoms with Gasteiger partial charge in [0.25, 0.3) is 0 Å². The third-order valence-corrected chi connectivity index (χ3v) is 4.12. The van der Waals surface area contributed by atoms with Crippen molar-refractivity contribution >= 4 is 23.6 Å². The first-order valence-corrected chi connectivity index (χ1v) is 7.59. The molecule has 19 heavy (non-hydrogen) atoms. The summed E-state index contributed by atoms with van der Waals surface area (Å²) in [6.07, 6.45) is 0. The van der Waals surface area contributed by atoms with Gasteiger partial charge in [-0.3, -0.25) is 9.67 Å².